The predicted molar refractivity (Wildman–Crippen MR) is 72.5 cm³/mol. The summed E-state index contributed by atoms with van der Waals surface area (Å²) in [5.74, 6) is -2.05. The number of hydrogen-bond acceptors (Lipinski definition) is 7. The van der Waals surface area contributed by atoms with Crippen LogP contribution in [-0.4, -0.2) is 46.3 Å². The molecule has 2 aliphatic rings. The van der Waals surface area contributed by atoms with Crippen LogP contribution in [0.1, 0.15) is 18.4 Å². The Morgan fingerprint density at radius 2 is 2.27 bits per heavy atom. The van der Waals surface area contributed by atoms with E-state index in [2.05, 4.69) is 4.98 Å². The molecule has 3 atom stereocenters. The van der Waals surface area contributed by atoms with Crippen molar-refractivity contribution in [2.75, 3.05) is 0 Å². The summed E-state index contributed by atoms with van der Waals surface area (Å²) in [6.45, 7) is 1.30. The fourth-order valence-electron chi connectivity index (χ4n) is 2.78. The largest absolute Gasteiger partial charge is 1.00 e. The van der Waals surface area contributed by atoms with Crippen molar-refractivity contribution >= 4 is 39.1 Å². The zero-order valence-electron chi connectivity index (χ0n) is 11.9. The van der Waals surface area contributed by atoms with Gasteiger partial charge in [-0.25, -0.2) is 13.4 Å². The molecule has 0 aromatic carbocycles. The van der Waals surface area contributed by atoms with E-state index in [9.17, 15) is 23.1 Å². The first-order valence-electron chi connectivity index (χ1n) is 6.13. The van der Waals surface area contributed by atoms with Crippen molar-refractivity contribution in [2.24, 2.45) is 0 Å². The van der Waals surface area contributed by atoms with Crippen LogP contribution < -0.4 is 34.7 Å². The van der Waals surface area contributed by atoms with Crippen molar-refractivity contribution in [3.63, 3.8) is 0 Å². The number of carbonyl (C=O) groups is 2. The van der Waals surface area contributed by atoms with Gasteiger partial charge in [0, 0.05) is 11.6 Å². The van der Waals surface area contributed by atoms with E-state index in [0.717, 1.165) is 4.90 Å². The summed E-state index contributed by atoms with van der Waals surface area (Å²) >= 11 is 1.30. The van der Waals surface area contributed by atoms with Crippen molar-refractivity contribution in [3.05, 3.63) is 22.7 Å². The molecule has 0 N–H and O–H groups in total. The molecular weight excluding hydrogens is 339 g/mol. The van der Waals surface area contributed by atoms with Crippen molar-refractivity contribution in [1.82, 2.24) is 9.88 Å². The molecular formula is C12H11N2NaO5S2. The van der Waals surface area contributed by atoms with Gasteiger partial charge in [-0.05, 0) is 13.0 Å². The molecule has 1 aromatic rings. The van der Waals surface area contributed by atoms with Gasteiger partial charge >= 0.3 is 29.6 Å². The zero-order chi connectivity index (χ0) is 15.4. The molecule has 2 saturated heterocycles. The summed E-state index contributed by atoms with van der Waals surface area (Å²) in [5.41, 5.74) is 0. The molecule has 112 valence electrons. The molecule has 0 radical (unpaired) electrons. The molecule has 0 unspecified atom stereocenters. The van der Waals surface area contributed by atoms with Gasteiger partial charge in [-0.1, -0.05) is 6.08 Å². The number of rotatable bonds is 3. The van der Waals surface area contributed by atoms with Crippen LogP contribution in [0, 0.1) is 0 Å². The van der Waals surface area contributed by atoms with Crippen LogP contribution in [0.2, 0.25) is 0 Å². The van der Waals surface area contributed by atoms with Gasteiger partial charge in [-0.2, -0.15) is 0 Å². The summed E-state index contributed by atoms with van der Waals surface area (Å²) in [6.07, 6.45) is 4.15. The molecule has 10 heteroatoms. The zero-order valence-corrected chi connectivity index (χ0v) is 15.6. The fourth-order valence-corrected chi connectivity index (χ4v) is 5.58. The van der Waals surface area contributed by atoms with E-state index < -0.39 is 37.9 Å². The number of carbonyl (C=O) groups excluding carboxylic acids is 2. The van der Waals surface area contributed by atoms with Crippen LogP contribution in [0.25, 0.3) is 6.08 Å². The van der Waals surface area contributed by atoms with E-state index in [1.807, 2.05) is 0 Å². The first-order valence-corrected chi connectivity index (χ1v) is 8.56. The van der Waals surface area contributed by atoms with E-state index in [4.69, 9.17) is 0 Å². The Hall–Kier alpha value is -0.740. The number of nitrogens with zero attached hydrogens (tertiary/aromatic N) is 2. The second-order valence-corrected chi connectivity index (χ2v) is 8.55. The van der Waals surface area contributed by atoms with Crippen molar-refractivity contribution in [1.29, 1.82) is 0 Å². The molecule has 0 saturated carbocycles. The topological polar surface area (TPSA) is 107 Å². The minimum Gasteiger partial charge on any atom is -0.548 e. The summed E-state index contributed by atoms with van der Waals surface area (Å²) < 4.78 is 23.4. The van der Waals surface area contributed by atoms with Gasteiger partial charge in [0.1, 0.15) is 15.1 Å². The monoisotopic (exact) mass is 350 g/mol. The maximum Gasteiger partial charge on any atom is 1.00 e. The van der Waals surface area contributed by atoms with Crippen molar-refractivity contribution in [2.45, 2.75) is 29.5 Å². The number of fused-ring (bicyclic) bond motifs is 1. The second-order valence-electron chi connectivity index (χ2n) is 5.11. The maximum absolute atomic E-state index is 12.5. The van der Waals surface area contributed by atoms with E-state index in [1.165, 1.54) is 30.4 Å². The number of thiazole rings is 1. The summed E-state index contributed by atoms with van der Waals surface area (Å²) in [4.78, 5) is 27.8. The van der Waals surface area contributed by atoms with Gasteiger partial charge in [0.25, 0.3) is 0 Å². The van der Waals surface area contributed by atoms with Gasteiger partial charge in [-0.15, -0.1) is 11.3 Å². The standard InChI is InChI=1S/C12H12N2O5S2.Na/c1-12(3-2-7-13-4-5-20-7)10(11(16)17)14-8(15)6-9(14)21(12,18)19;/h2-5,9-10H,6H2,1H3,(H,16,17);/q;+1/p-1/b3-2+;/t9-,10+,12+;/m1./s1. The maximum atomic E-state index is 12.5. The Morgan fingerprint density at radius 1 is 1.59 bits per heavy atom. The second kappa shape index (κ2) is 5.72. The number of aromatic nitrogens is 1. The molecule has 0 spiro atoms. The smallest absolute Gasteiger partial charge is 0.548 e. The Kier molecular flexibility index (Phi) is 4.58. The Bertz CT molecular complexity index is 746. The first-order chi connectivity index (χ1) is 9.79. The minimum atomic E-state index is -3.83. The molecule has 1 aromatic heterocycles. The van der Waals surface area contributed by atoms with E-state index in [0.29, 0.717) is 5.01 Å². The van der Waals surface area contributed by atoms with Crippen molar-refractivity contribution < 1.29 is 52.7 Å². The molecule has 3 heterocycles. The normalized spacial score (nSPS) is 32.4. The quantitative estimate of drug-likeness (QED) is 0.406. The SMILES string of the molecule is C[C@]1(/C=C/c2nccs2)[C@H](C(=O)[O-])N2C(=O)C[C@H]2S1(=O)=O.[Na+]. The Balaban J connectivity index is 0.00000176. The number of sulfone groups is 1. The number of aliphatic carboxylic acids is 1. The third-order valence-corrected chi connectivity index (χ3v) is 7.41. The van der Waals surface area contributed by atoms with Crippen molar-refractivity contribution in [3.8, 4) is 0 Å². The van der Waals surface area contributed by atoms with E-state index in [1.54, 1.807) is 11.6 Å². The molecule has 0 aliphatic carbocycles. The average Bonchev–Trinajstić information content (AvgIpc) is 2.95. The van der Waals surface area contributed by atoms with Gasteiger partial charge in [-0.3, -0.25) is 4.79 Å². The molecule has 0 bridgehead atoms. The van der Waals surface area contributed by atoms with Gasteiger partial charge < -0.3 is 14.8 Å². The summed E-state index contributed by atoms with van der Waals surface area (Å²) in [6, 6.07) is -1.51. The molecule has 1 amide bonds. The van der Waals surface area contributed by atoms with E-state index in [-0.39, 0.29) is 36.0 Å². The first kappa shape index (κ1) is 17.6. The van der Waals surface area contributed by atoms with Crippen LogP contribution in [0.15, 0.2) is 17.7 Å². The minimum absolute atomic E-state index is 0. The fraction of sp³-hybridized carbons (Fsp3) is 0.417. The molecule has 7 nitrogen and oxygen atoms in total. The number of amides is 1. The van der Waals surface area contributed by atoms with E-state index >= 15 is 0 Å². The van der Waals surface area contributed by atoms with Crippen LogP contribution >= 0.6 is 11.3 Å². The van der Waals surface area contributed by atoms with Gasteiger partial charge in [0.2, 0.25) is 5.91 Å². The number of carboxylic acids is 1. The molecule has 2 fully saturated rings. The van der Waals surface area contributed by atoms with Crippen LogP contribution in [0.3, 0.4) is 0 Å². The van der Waals surface area contributed by atoms with Gasteiger partial charge in [0.05, 0.1) is 18.4 Å². The average molecular weight is 350 g/mol. The molecule has 22 heavy (non-hydrogen) atoms. The third-order valence-electron chi connectivity index (χ3n) is 3.97. The third kappa shape index (κ3) is 2.26. The van der Waals surface area contributed by atoms with Crippen LogP contribution in [0.4, 0.5) is 0 Å². The summed E-state index contributed by atoms with van der Waals surface area (Å²) in [7, 11) is -3.83. The van der Waals surface area contributed by atoms with Crippen LogP contribution in [-0.2, 0) is 19.4 Å². The number of β-lactam (4-membered cyclic amide) rings is 1. The predicted octanol–water partition coefficient (Wildman–Crippen LogP) is -3.98. The van der Waals surface area contributed by atoms with Gasteiger partial charge in [0.15, 0.2) is 9.84 Å². The summed E-state index contributed by atoms with van der Waals surface area (Å²) in [5, 5.41) is 12.6. The molecule has 2 aliphatic heterocycles. The Labute approximate surface area is 153 Å². The number of carboxylic acid groups (broad SMARTS) is 1. The molecule has 3 rings (SSSR count). The Morgan fingerprint density at radius 3 is 2.77 bits per heavy atom. The number of hydrogen-bond donors (Lipinski definition) is 0. The van der Waals surface area contributed by atoms with Crippen LogP contribution in [0.5, 0.6) is 0 Å².